The number of oxime groups is 1. The Labute approximate surface area is 175 Å². The van der Waals surface area contributed by atoms with Crippen LogP contribution >= 0.6 is 0 Å². The molecule has 7 nitrogen and oxygen atoms in total. The first kappa shape index (κ1) is 19.8. The third-order valence-corrected chi connectivity index (χ3v) is 5.25. The summed E-state index contributed by atoms with van der Waals surface area (Å²) in [6, 6.07) is 17.9. The van der Waals surface area contributed by atoms with Gasteiger partial charge in [0.1, 0.15) is 7.11 Å². The molecule has 1 unspecified atom stereocenters. The van der Waals surface area contributed by atoms with E-state index in [0.717, 1.165) is 23.3 Å². The van der Waals surface area contributed by atoms with Gasteiger partial charge in [-0.25, -0.2) is 0 Å². The monoisotopic (exact) mass is 404 g/mol. The lowest BCUT2D eigenvalue weighted by Crippen LogP contribution is -2.36. The molecule has 1 aromatic heterocycles. The van der Waals surface area contributed by atoms with Gasteiger partial charge < -0.3 is 14.3 Å². The third-order valence-electron chi connectivity index (χ3n) is 5.25. The highest BCUT2D eigenvalue weighted by atomic mass is 16.6. The Hall–Kier alpha value is -3.48. The van der Waals surface area contributed by atoms with Crippen LogP contribution in [0, 0.1) is 6.92 Å². The van der Waals surface area contributed by atoms with Gasteiger partial charge in [-0.1, -0.05) is 52.8 Å². The first-order valence-electron chi connectivity index (χ1n) is 9.98. The first-order valence-corrected chi connectivity index (χ1v) is 9.98. The fourth-order valence-corrected chi connectivity index (χ4v) is 3.80. The van der Waals surface area contributed by atoms with Crippen LogP contribution < -0.4 is 0 Å². The van der Waals surface area contributed by atoms with Crippen molar-refractivity contribution >= 4 is 11.6 Å². The summed E-state index contributed by atoms with van der Waals surface area (Å²) >= 11 is 0. The highest BCUT2D eigenvalue weighted by molar-refractivity contribution is 6.00. The molecular weight excluding hydrogens is 380 g/mol. The van der Waals surface area contributed by atoms with E-state index in [1.54, 1.807) is 6.92 Å². The molecule has 3 aromatic rings. The van der Waals surface area contributed by atoms with E-state index in [0.29, 0.717) is 36.7 Å². The number of benzene rings is 2. The molecule has 1 fully saturated rings. The fourth-order valence-electron chi connectivity index (χ4n) is 3.80. The van der Waals surface area contributed by atoms with Crippen molar-refractivity contribution in [2.24, 2.45) is 5.16 Å². The smallest absolute Gasteiger partial charge is 0.254 e. The van der Waals surface area contributed by atoms with Gasteiger partial charge >= 0.3 is 0 Å². The molecule has 1 amide bonds. The van der Waals surface area contributed by atoms with Gasteiger partial charge in [-0.3, -0.25) is 4.79 Å². The van der Waals surface area contributed by atoms with E-state index in [-0.39, 0.29) is 11.9 Å². The Bertz CT molecular complexity index is 1030. The van der Waals surface area contributed by atoms with Crippen LogP contribution in [0.5, 0.6) is 0 Å². The van der Waals surface area contributed by atoms with Crippen LogP contribution in [0.3, 0.4) is 0 Å². The standard InChI is InChI=1S/C23H24N4O3/c1-16-24-22(30-25-16)13-12-21-14-20(26-29-2)15-27(21)23(28)19-10-8-18(9-11-19)17-6-4-3-5-7-17/h3-11,21H,12-15H2,1-2H3/b26-20+. The largest absolute Gasteiger partial charge is 0.399 e. The molecule has 4 rings (SSSR count). The van der Waals surface area contributed by atoms with E-state index < -0.39 is 0 Å². The Balaban J connectivity index is 1.50. The second-order valence-electron chi connectivity index (χ2n) is 7.35. The Kier molecular flexibility index (Phi) is 5.88. The van der Waals surface area contributed by atoms with E-state index in [2.05, 4.69) is 27.4 Å². The predicted octanol–water partition coefficient (Wildman–Crippen LogP) is 3.89. The van der Waals surface area contributed by atoms with Crippen LogP contribution in [0.25, 0.3) is 11.1 Å². The molecule has 0 radical (unpaired) electrons. The van der Waals surface area contributed by atoms with Crippen molar-refractivity contribution in [2.45, 2.75) is 32.2 Å². The highest BCUT2D eigenvalue weighted by Crippen LogP contribution is 2.25. The van der Waals surface area contributed by atoms with Crippen molar-refractivity contribution in [2.75, 3.05) is 13.7 Å². The van der Waals surface area contributed by atoms with Crippen molar-refractivity contribution in [3.63, 3.8) is 0 Å². The van der Waals surface area contributed by atoms with Gasteiger partial charge in [0.15, 0.2) is 5.82 Å². The number of amides is 1. The number of likely N-dealkylation sites (tertiary alicyclic amines) is 1. The molecule has 1 saturated heterocycles. The molecule has 2 aromatic carbocycles. The van der Waals surface area contributed by atoms with Crippen LogP contribution in [0.1, 0.15) is 34.9 Å². The molecule has 0 N–H and O–H groups in total. The van der Waals surface area contributed by atoms with Crippen LogP contribution in [0.4, 0.5) is 0 Å². The summed E-state index contributed by atoms with van der Waals surface area (Å²) in [5.41, 5.74) is 3.73. The van der Waals surface area contributed by atoms with E-state index in [1.807, 2.05) is 47.4 Å². The maximum atomic E-state index is 13.2. The average Bonchev–Trinajstić information content (AvgIpc) is 3.38. The zero-order valence-electron chi connectivity index (χ0n) is 17.1. The minimum absolute atomic E-state index is 0.00686. The second kappa shape index (κ2) is 8.90. The zero-order valence-corrected chi connectivity index (χ0v) is 17.1. The van der Waals surface area contributed by atoms with Crippen LogP contribution in [-0.4, -0.2) is 46.4 Å². The van der Waals surface area contributed by atoms with E-state index in [9.17, 15) is 4.79 Å². The van der Waals surface area contributed by atoms with Gasteiger partial charge in [-0.2, -0.15) is 4.98 Å². The fraction of sp³-hybridized carbons (Fsp3) is 0.304. The van der Waals surface area contributed by atoms with E-state index >= 15 is 0 Å². The van der Waals surface area contributed by atoms with Gasteiger partial charge in [0.25, 0.3) is 5.91 Å². The molecular formula is C23H24N4O3. The van der Waals surface area contributed by atoms with Crippen LogP contribution in [-0.2, 0) is 11.3 Å². The predicted molar refractivity (Wildman–Crippen MR) is 113 cm³/mol. The topological polar surface area (TPSA) is 80.8 Å². The number of hydrogen-bond acceptors (Lipinski definition) is 6. The summed E-state index contributed by atoms with van der Waals surface area (Å²) in [5.74, 6) is 1.19. The first-order chi connectivity index (χ1) is 14.6. The minimum atomic E-state index is -0.0115. The normalized spacial score (nSPS) is 17.5. The number of rotatable bonds is 6. The number of nitrogens with zero attached hydrogens (tertiary/aromatic N) is 4. The molecule has 7 heteroatoms. The molecule has 154 valence electrons. The third kappa shape index (κ3) is 4.40. The highest BCUT2D eigenvalue weighted by Gasteiger charge is 2.34. The number of aromatic nitrogens is 2. The second-order valence-corrected chi connectivity index (χ2v) is 7.35. The number of aryl methyl sites for hydroxylation is 2. The maximum Gasteiger partial charge on any atom is 0.254 e. The van der Waals surface area contributed by atoms with Crippen molar-refractivity contribution in [1.29, 1.82) is 0 Å². The summed E-state index contributed by atoms with van der Waals surface area (Å²) in [6.07, 6.45) is 2.01. The summed E-state index contributed by atoms with van der Waals surface area (Å²) in [5, 5.41) is 7.92. The van der Waals surface area contributed by atoms with Gasteiger partial charge in [-0.05, 0) is 36.6 Å². The van der Waals surface area contributed by atoms with Crippen LogP contribution in [0.2, 0.25) is 0 Å². The summed E-state index contributed by atoms with van der Waals surface area (Å²) in [7, 11) is 1.52. The molecule has 0 aliphatic carbocycles. The van der Waals surface area contributed by atoms with Gasteiger partial charge in [0.05, 0.1) is 12.3 Å². The Morgan fingerprint density at radius 3 is 2.57 bits per heavy atom. The number of carbonyl (C=O) groups excluding carboxylic acids is 1. The molecule has 0 spiro atoms. The molecule has 30 heavy (non-hydrogen) atoms. The SMILES string of the molecule is CO/N=C1\CC(CCc2nc(C)no2)N(C(=O)c2ccc(-c3ccccc3)cc2)C1. The molecule has 0 bridgehead atoms. The molecule has 2 heterocycles. The number of hydrogen-bond donors (Lipinski definition) is 0. The van der Waals surface area contributed by atoms with Crippen LogP contribution in [0.15, 0.2) is 64.3 Å². The van der Waals surface area contributed by atoms with Crippen molar-refractivity contribution in [3.05, 3.63) is 71.9 Å². The summed E-state index contributed by atoms with van der Waals surface area (Å²) in [6.45, 7) is 2.25. The molecule has 0 saturated carbocycles. The Morgan fingerprint density at radius 1 is 1.17 bits per heavy atom. The lowest BCUT2D eigenvalue weighted by Gasteiger charge is -2.23. The molecule has 1 aliphatic rings. The van der Waals surface area contributed by atoms with Gasteiger partial charge in [-0.15, -0.1) is 0 Å². The van der Waals surface area contributed by atoms with E-state index in [1.165, 1.54) is 7.11 Å². The van der Waals surface area contributed by atoms with Crippen molar-refractivity contribution in [1.82, 2.24) is 15.0 Å². The molecule has 1 atom stereocenters. The lowest BCUT2D eigenvalue weighted by atomic mass is 10.0. The quantitative estimate of drug-likeness (QED) is 0.582. The lowest BCUT2D eigenvalue weighted by molar-refractivity contribution is 0.0732. The minimum Gasteiger partial charge on any atom is -0.399 e. The van der Waals surface area contributed by atoms with Gasteiger partial charge in [0.2, 0.25) is 5.89 Å². The van der Waals surface area contributed by atoms with E-state index in [4.69, 9.17) is 9.36 Å². The number of carbonyl (C=O) groups is 1. The van der Waals surface area contributed by atoms with Crippen molar-refractivity contribution < 1.29 is 14.2 Å². The van der Waals surface area contributed by atoms with Crippen molar-refractivity contribution in [3.8, 4) is 11.1 Å². The molecule has 1 aliphatic heterocycles. The average molecular weight is 404 g/mol. The maximum absolute atomic E-state index is 13.2. The van der Waals surface area contributed by atoms with Gasteiger partial charge in [0, 0.05) is 24.4 Å². The summed E-state index contributed by atoms with van der Waals surface area (Å²) in [4.78, 5) is 24.3. The zero-order chi connectivity index (χ0) is 20.9. The summed E-state index contributed by atoms with van der Waals surface area (Å²) < 4.78 is 5.21. The Morgan fingerprint density at radius 2 is 1.90 bits per heavy atom.